The average Bonchev–Trinajstić information content (AvgIpc) is 2.90. The van der Waals surface area contributed by atoms with Crippen LogP contribution in [0.5, 0.6) is 0 Å². The van der Waals surface area contributed by atoms with Gasteiger partial charge in [0.2, 0.25) is 0 Å². The maximum atomic E-state index is 10.6. The quantitative estimate of drug-likeness (QED) is 0.928. The van der Waals surface area contributed by atoms with Crippen molar-refractivity contribution >= 4 is 35.0 Å². The van der Waals surface area contributed by atoms with Crippen LogP contribution in [0.1, 0.15) is 26.3 Å². The van der Waals surface area contributed by atoms with Gasteiger partial charge in [-0.15, -0.1) is 0 Å². The van der Waals surface area contributed by atoms with E-state index < -0.39 is 6.10 Å². The zero-order valence-electron chi connectivity index (χ0n) is 12.1. The molecule has 4 nitrogen and oxygen atoms in total. The standard InChI is InChI=1S/C15H17Cl2N3O/c1-15(2,3)14(21)13(20-9-18-8-19-20)6-10-4-5-11(16)7-12(10)17/h4-9,14,21H,1-3H3/t14-/m0/s1. The lowest BCUT2D eigenvalue weighted by Crippen LogP contribution is -2.29. The first-order valence-electron chi connectivity index (χ1n) is 6.49. The molecule has 0 fully saturated rings. The number of benzene rings is 1. The molecule has 112 valence electrons. The zero-order valence-corrected chi connectivity index (χ0v) is 13.6. The number of rotatable bonds is 3. The molecule has 0 aliphatic heterocycles. The number of aliphatic hydroxyl groups excluding tert-OH is 1. The summed E-state index contributed by atoms with van der Waals surface area (Å²) in [5.41, 5.74) is 1.01. The van der Waals surface area contributed by atoms with Crippen LogP contribution in [0.3, 0.4) is 0 Å². The second-order valence-electron chi connectivity index (χ2n) is 5.84. The monoisotopic (exact) mass is 325 g/mol. The normalized spacial score (nSPS) is 14.3. The van der Waals surface area contributed by atoms with E-state index in [0.29, 0.717) is 15.7 Å². The lowest BCUT2D eigenvalue weighted by molar-refractivity contribution is 0.109. The molecular formula is C15H17Cl2N3O. The molecule has 1 N–H and O–H groups in total. The second kappa shape index (κ2) is 6.18. The lowest BCUT2D eigenvalue weighted by atomic mass is 9.86. The van der Waals surface area contributed by atoms with E-state index in [2.05, 4.69) is 10.1 Å². The topological polar surface area (TPSA) is 50.9 Å². The predicted molar refractivity (Wildman–Crippen MR) is 86.1 cm³/mol. The molecule has 0 saturated carbocycles. The van der Waals surface area contributed by atoms with Gasteiger partial charge in [0, 0.05) is 10.0 Å². The summed E-state index contributed by atoms with van der Waals surface area (Å²) >= 11 is 12.1. The lowest BCUT2D eigenvalue weighted by Gasteiger charge is -2.28. The third-order valence-corrected chi connectivity index (χ3v) is 3.61. The summed E-state index contributed by atoms with van der Waals surface area (Å²) in [7, 11) is 0. The second-order valence-corrected chi connectivity index (χ2v) is 6.69. The summed E-state index contributed by atoms with van der Waals surface area (Å²) in [6.07, 6.45) is 4.03. The van der Waals surface area contributed by atoms with Crippen molar-refractivity contribution in [2.24, 2.45) is 5.41 Å². The minimum atomic E-state index is -0.731. The van der Waals surface area contributed by atoms with E-state index in [1.165, 1.54) is 6.33 Å². The first-order chi connectivity index (χ1) is 9.79. The molecule has 1 heterocycles. The van der Waals surface area contributed by atoms with Crippen LogP contribution in [0.4, 0.5) is 0 Å². The number of hydrogen-bond acceptors (Lipinski definition) is 3. The van der Waals surface area contributed by atoms with Crippen LogP contribution in [0.2, 0.25) is 10.0 Å². The SMILES string of the molecule is CC(C)(C)[C@@H](O)C(=Cc1ccc(Cl)cc1Cl)n1cncn1. The number of hydrogen-bond donors (Lipinski definition) is 1. The fourth-order valence-corrected chi connectivity index (χ4v) is 2.30. The Bertz CT molecular complexity index is 645. The molecule has 0 saturated heterocycles. The molecule has 0 unspecified atom stereocenters. The van der Waals surface area contributed by atoms with Crippen molar-refractivity contribution in [1.29, 1.82) is 0 Å². The molecule has 1 aromatic heterocycles. The van der Waals surface area contributed by atoms with E-state index in [0.717, 1.165) is 5.56 Å². The Hall–Kier alpha value is -1.36. The molecular weight excluding hydrogens is 309 g/mol. The summed E-state index contributed by atoms with van der Waals surface area (Å²) in [4.78, 5) is 3.93. The summed E-state index contributed by atoms with van der Waals surface area (Å²) in [5, 5.41) is 15.8. The number of aromatic nitrogens is 3. The molecule has 0 aliphatic carbocycles. The van der Waals surface area contributed by atoms with Crippen molar-refractivity contribution in [3.63, 3.8) is 0 Å². The molecule has 0 amide bonds. The molecule has 0 bridgehead atoms. The van der Waals surface area contributed by atoms with Crippen LogP contribution in [0.15, 0.2) is 30.9 Å². The van der Waals surface area contributed by atoms with Gasteiger partial charge in [-0.25, -0.2) is 9.67 Å². The van der Waals surface area contributed by atoms with Gasteiger partial charge in [0.15, 0.2) is 0 Å². The van der Waals surface area contributed by atoms with Gasteiger partial charge >= 0.3 is 0 Å². The van der Waals surface area contributed by atoms with Gasteiger partial charge in [-0.05, 0) is 29.2 Å². The molecule has 2 rings (SSSR count). The zero-order chi connectivity index (χ0) is 15.6. The molecule has 0 radical (unpaired) electrons. The highest BCUT2D eigenvalue weighted by atomic mass is 35.5. The first kappa shape index (κ1) is 16.0. The van der Waals surface area contributed by atoms with Crippen molar-refractivity contribution < 1.29 is 5.11 Å². The number of nitrogens with zero attached hydrogens (tertiary/aromatic N) is 3. The molecule has 1 aromatic carbocycles. The largest absolute Gasteiger partial charge is 0.386 e. The van der Waals surface area contributed by atoms with Gasteiger partial charge < -0.3 is 5.11 Å². The first-order valence-corrected chi connectivity index (χ1v) is 7.24. The fraction of sp³-hybridized carbons (Fsp3) is 0.333. The maximum Gasteiger partial charge on any atom is 0.138 e. The highest BCUT2D eigenvalue weighted by Gasteiger charge is 2.27. The van der Waals surface area contributed by atoms with Crippen LogP contribution in [-0.4, -0.2) is 26.0 Å². The molecule has 0 aliphatic rings. The van der Waals surface area contributed by atoms with Crippen LogP contribution < -0.4 is 0 Å². The molecule has 21 heavy (non-hydrogen) atoms. The van der Waals surface area contributed by atoms with Crippen LogP contribution >= 0.6 is 23.2 Å². The van der Waals surface area contributed by atoms with Gasteiger partial charge in [-0.1, -0.05) is 50.0 Å². The summed E-state index contributed by atoms with van der Waals surface area (Å²) in [6, 6.07) is 5.22. The van der Waals surface area contributed by atoms with Gasteiger partial charge in [0.25, 0.3) is 0 Å². The molecule has 0 spiro atoms. The average molecular weight is 326 g/mol. The van der Waals surface area contributed by atoms with E-state index in [9.17, 15) is 5.11 Å². The van der Waals surface area contributed by atoms with Gasteiger partial charge in [0.05, 0.1) is 5.70 Å². The molecule has 1 atom stereocenters. The summed E-state index contributed by atoms with van der Waals surface area (Å²) < 4.78 is 1.54. The Kier molecular flexibility index (Phi) is 4.71. The Labute approximate surface area is 134 Å². The Morgan fingerprint density at radius 1 is 1.33 bits per heavy atom. The van der Waals surface area contributed by atoms with Crippen LogP contribution in [0, 0.1) is 5.41 Å². The third kappa shape index (κ3) is 3.84. The predicted octanol–water partition coefficient (Wildman–Crippen LogP) is 3.99. The highest BCUT2D eigenvalue weighted by Crippen LogP contribution is 2.30. The van der Waals surface area contributed by atoms with Gasteiger partial charge in [0.1, 0.15) is 18.8 Å². The van der Waals surface area contributed by atoms with Crippen molar-refractivity contribution in [1.82, 2.24) is 14.8 Å². The van der Waals surface area contributed by atoms with Gasteiger partial charge in [-0.2, -0.15) is 5.10 Å². The van der Waals surface area contributed by atoms with E-state index in [1.807, 2.05) is 20.8 Å². The third-order valence-electron chi connectivity index (χ3n) is 3.05. The van der Waals surface area contributed by atoms with E-state index in [4.69, 9.17) is 23.2 Å². The minimum Gasteiger partial charge on any atom is -0.386 e. The Morgan fingerprint density at radius 2 is 2.05 bits per heavy atom. The van der Waals surface area contributed by atoms with Crippen molar-refractivity contribution in [3.05, 3.63) is 46.5 Å². The smallest absolute Gasteiger partial charge is 0.138 e. The summed E-state index contributed by atoms with van der Waals surface area (Å²) in [5.74, 6) is 0. The number of aliphatic hydroxyl groups is 1. The maximum absolute atomic E-state index is 10.6. The number of halogens is 2. The molecule has 2 aromatic rings. The van der Waals surface area contributed by atoms with Gasteiger partial charge in [-0.3, -0.25) is 0 Å². The molecule has 6 heteroatoms. The van der Waals surface area contributed by atoms with Crippen molar-refractivity contribution in [2.45, 2.75) is 26.9 Å². The van der Waals surface area contributed by atoms with Crippen LogP contribution in [0.25, 0.3) is 11.8 Å². The van der Waals surface area contributed by atoms with E-state index >= 15 is 0 Å². The Balaban J connectivity index is 2.52. The summed E-state index contributed by atoms with van der Waals surface area (Å²) in [6.45, 7) is 5.85. The highest BCUT2D eigenvalue weighted by molar-refractivity contribution is 6.35. The van der Waals surface area contributed by atoms with Crippen molar-refractivity contribution in [3.8, 4) is 0 Å². The fourth-order valence-electron chi connectivity index (χ4n) is 1.83. The van der Waals surface area contributed by atoms with Crippen LogP contribution in [-0.2, 0) is 0 Å². The Morgan fingerprint density at radius 3 is 2.57 bits per heavy atom. The van der Waals surface area contributed by atoms with E-state index in [-0.39, 0.29) is 5.41 Å². The van der Waals surface area contributed by atoms with E-state index in [1.54, 1.807) is 35.3 Å². The minimum absolute atomic E-state index is 0.351. The van der Waals surface area contributed by atoms with Crippen molar-refractivity contribution in [2.75, 3.05) is 0 Å².